The van der Waals surface area contributed by atoms with Crippen LogP contribution in [0.3, 0.4) is 0 Å². The maximum Gasteiger partial charge on any atom is 0.161 e. The van der Waals surface area contributed by atoms with Gasteiger partial charge in [-0.05, 0) is 17.4 Å². The lowest BCUT2D eigenvalue weighted by atomic mass is 10.3. The number of carbonyl (C=O) groups excluding carboxylic acids is 1. The summed E-state index contributed by atoms with van der Waals surface area (Å²) in [6, 6.07) is 3.41. The first kappa shape index (κ1) is 7.53. The van der Waals surface area contributed by atoms with Gasteiger partial charge >= 0.3 is 0 Å². The van der Waals surface area contributed by atoms with Crippen molar-refractivity contribution in [2.75, 3.05) is 0 Å². The van der Waals surface area contributed by atoms with Gasteiger partial charge < -0.3 is 0 Å². The Morgan fingerprint density at radius 1 is 1.64 bits per heavy atom. The van der Waals surface area contributed by atoms with Crippen LogP contribution in [0.1, 0.15) is 15.2 Å². The van der Waals surface area contributed by atoms with E-state index in [0.717, 1.165) is 6.29 Å². The molecule has 1 aromatic rings. The van der Waals surface area contributed by atoms with Crippen LogP contribution in [0.2, 0.25) is 0 Å². The molecule has 3 heteroatoms. The van der Waals surface area contributed by atoms with E-state index in [0.29, 0.717) is 10.4 Å². The summed E-state index contributed by atoms with van der Waals surface area (Å²) in [6.07, 6.45) is 0.742. The number of hydrogen-bond donors (Lipinski definition) is 0. The van der Waals surface area contributed by atoms with Gasteiger partial charge in [-0.3, -0.25) is 4.79 Å². The van der Waals surface area contributed by atoms with Crippen molar-refractivity contribution in [1.82, 2.24) is 0 Å². The first-order chi connectivity index (χ1) is 5.38. The quantitative estimate of drug-likeness (QED) is 0.462. The van der Waals surface area contributed by atoms with Gasteiger partial charge in [0.15, 0.2) is 12.4 Å². The van der Waals surface area contributed by atoms with Gasteiger partial charge in [-0.25, -0.2) is 0 Å². The van der Waals surface area contributed by atoms with Gasteiger partial charge in [0.25, 0.3) is 0 Å². The van der Waals surface area contributed by atoms with Crippen molar-refractivity contribution >= 4 is 17.6 Å². The predicted molar refractivity (Wildman–Crippen MR) is 42.2 cm³/mol. The van der Waals surface area contributed by atoms with Crippen LogP contribution in [0.4, 0.5) is 0 Å². The minimum atomic E-state index is 0.577. The van der Waals surface area contributed by atoms with Gasteiger partial charge in [0, 0.05) is 11.5 Å². The molecule has 0 aliphatic carbocycles. The van der Waals surface area contributed by atoms with Crippen LogP contribution < -0.4 is 0 Å². The van der Waals surface area contributed by atoms with E-state index < -0.39 is 0 Å². The molecule has 0 aromatic carbocycles. The molecule has 2 nitrogen and oxygen atoms in total. The smallest absolute Gasteiger partial charge is 0.161 e. The molecule has 0 unspecified atom stereocenters. The molecule has 0 saturated carbocycles. The Balaban J connectivity index is 3.05. The van der Waals surface area contributed by atoms with E-state index >= 15 is 0 Å². The van der Waals surface area contributed by atoms with Crippen molar-refractivity contribution < 1.29 is 4.79 Å². The second-order valence-corrected chi connectivity index (χ2v) is 2.63. The lowest BCUT2D eigenvalue weighted by Crippen LogP contribution is -1.75. The molecule has 0 N–H and O–H groups in total. The summed E-state index contributed by atoms with van der Waals surface area (Å²) in [5.41, 5.74) is 0.631. The Kier molecular flexibility index (Phi) is 2.43. The molecule has 0 aliphatic heterocycles. The Hall–Kier alpha value is -1.58. The molecular formula is C8H3NOS. The van der Waals surface area contributed by atoms with Gasteiger partial charge in [-0.2, -0.15) is 5.26 Å². The van der Waals surface area contributed by atoms with Crippen LogP contribution in [0.5, 0.6) is 0 Å². The maximum atomic E-state index is 10.3. The molecule has 0 bridgehead atoms. The predicted octanol–water partition coefficient (Wildman–Crippen LogP) is 1.44. The Morgan fingerprint density at radius 3 is 3.09 bits per heavy atom. The number of thiophene rings is 1. The Morgan fingerprint density at radius 2 is 2.45 bits per heavy atom. The first-order valence-electron chi connectivity index (χ1n) is 2.81. The number of nitriles is 1. The minimum absolute atomic E-state index is 0.577. The monoisotopic (exact) mass is 161 g/mol. The lowest BCUT2D eigenvalue weighted by Gasteiger charge is -1.79. The third kappa shape index (κ3) is 1.67. The number of aldehydes is 1. The average Bonchev–Trinajstić information content (AvgIpc) is 2.47. The van der Waals surface area contributed by atoms with E-state index in [1.54, 1.807) is 17.5 Å². The van der Waals surface area contributed by atoms with Gasteiger partial charge in [0.2, 0.25) is 0 Å². The van der Waals surface area contributed by atoms with Crippen molar-refractivity contribution in [3.8, 4) is 17.9 Å². The Labute approximate surface area is 68.1 Å². The number of nitrogens with zero attached hydrogens (tertiary/aromatic N) is 1. The molecule has 0 aliphatic rings. The molecule has 52 valence electrons. The van der Waals surface area contributed by atoms with Gasteiger partial charge in [0.05, 0.1) is 4.88 Å². The molecule has 1 rings (SSSR count). The van der Waals surface area contributed by atoms with Crippen LogP contribution >= 0.6 is 11.3 Å². The molecule has 0 spiro atoms. The third-order valence-corrected chi connectivity index (χ3v) is 1.90. The van der Waals surface area contributed by atoms with E-state index in [-0.39, 0.29) is 0 Å². The second-order valence-electron chi connectivity index (χ2n) is 1.68. The van der Waals surface area contributed by atoms with Crippen LogP contribution in [0, 0.1) is 23.2 Å². The normalized spacial score (nSPS) is 7.55. The van der Waals surface area contributed by atoms with Crippen molar-refractivity contribution in [2.45, 2.75) is 0 Å². The van der Waals surface area contributed by atoms with Crippen LogP contribution in [0.15, 0.2) is 11.4 Å². The average molecular weight is 161 g/mol. The fourth-order valence-electron chi connectivity index (χ4n) is 0.611. The summed E-state index contributed by atoms with van der Waals surface area (Å²) < 4.78 is 0. The van der Waals surface area contributed by atoms with Crippen LogP contribution in [-0.2, 0) is 0 Å². The zero-order valence-corrected chi connectivity index (χ0v) is 6.31. The zero-order valence-electron chi connectivity index (χ0n) is 5.50. The van der Waals surface area contributed by atoms with Crippen molar-refractivity contribution in [3.05, 3.63) is 21.9 Å². The summed E-state index contributed by atoms with van der Waals surface area (Å²) in [4.78, 5) is 10.9. The molecule has 0 amide bonds. The minimum Gasteiger partial charge on any atom is -0.297 e. The fourth-order valence-corrected chi connectivity index (χ4v) is 1.26. The molecule has 1 aromatic heterocycles. The highest BCUT2D eigenvalue weighted by molar-refractivity contribution is 7.11. The fraction of sp³-hybridized carbons (Fsp3) is 0. The number of hydrogen-bond acceptors (Lipinski definition) is 3. The molecule has 0 saturated heterocycles. The van der Waals surface area contributed by atoms with E-state index in [9.17, 15) is 4.79 Å². The Bertz CT molecular complexity index is 361. The summed E-state index contributed by atoms with van der Waals surface area (Å²) in [5, 5.41) is 9.89. The van der Waals surface area contributed by atoms with Crippen LogP contribution in [0.25, 0.3) is 0 Å². The standard InChI is InChI=1S/C8H3NOS/c9-4-1-2-7-3-5-11-8(7)6-10/h3,5-6H. The SMILES string of the molecule is N#CC#Cc1ccsc1C=O. The largest absolute Gasteiger partial charge is 0.297 e. The molecule has 1 heterocycles. The second kappa shape index (κ2) is 3.55. The van der Waals surface area contributed by atoms with Gasteiger partial charge in [-0.1, -0.05) is 0 Å². The molecular weight excluding hydrogens is 158 g/mol. The highest BCUT2D eigenvalue weighted by Gasteiger charge is 1.97. The van der Waals surface area contributed by atoms with E-state index in [1.165, 1.54) is 11.3 Å². The summed E-state index contributed by atoms with van der Waals surface area (Å²) in [5.74, 6) is 4.79. The van der Waals surface area contributed by atoms with Crippen molar-refractivity contribution in [1.29, 1.82) is 5.26 Å². The van der Waals surface area contributed by atoms with Crippen molar-refractivity contribution in [3.63, 3.8) is 0 Å². The number of rotatable bonds is 1. The van der Waals surface area contributed by atoms with E-state index in [2.05, 4.69) is 11.8 Å². The topological polar surface area (TPSA) is 40.9 Å². The van der Waals surface area contributed by atoms with E-state index in [4.69, 9.17) is 5.26 Å². The molecule has 0 fully saturated rings. The summed E-state index contributed by atoms with van der Waals surface area (Å²) in [7, 11) is 0. The molecule has 0 radical (unpaired) electrons. The number of carbonyl (C=O) groups is 1. The van der Waals surface area contributed by atoms with Gasteiger partial charge in [0.1, 0.15) is 0 Å². The third-order valence-electron chi connectivity index (χ3n) is 1.06. The molecule has 11 heavy (non-hydrogen) atoms. The van der Waals surface area contributed by atoms with Crippen LogP contribution in [-0.4, -0.2) is 6.29 Å². The van der Waals surface area contributed by atoms with Gasteiger partial charge in [-0.15, -0.1) is 11.3 Å². The first-order valence-corrected chi connectivity index (χ1v) is 3.69. The highest BCUT2D eigenvalue weighted by Crippen LogP contribution is 2.12. The highest BCUT2D eigenvalue weighted by atomic mass is 32.1. The summed E-state index contributed by atoms with van der Waals surface area (Å²) in [6.45, 7) is 0. The van der Waals surface area contributed by atoms with Crippen molar-refractivity contribution in [2.24, 2.45) is 0 Å². The molecule has 0 atom stereocenters. The zero-order chi connectivity index (χ0) is 8.10. The lowest BCUT2D eigenvalue weighted by molar-refractivity contribution is 0.112. The van der Waals surface area contributed by atoms with E-state index in [1.807, 2.05) is 0 Å². The maximum absolute atomic E-state index is 10.3. The summed E-state index contributed by atoms with van der Waals surface area (Å²) >= 11 is 1.32.